The maximum absolute atomic E-state index is 12.9. The SMILES string of the molecule is COc1ccc(S(N)(=O)=O)cc1C(=O)N1CCN(C(=O)Cc2ccccn2)CC1. The third kappa shape index (κ3) is 4.90. The van der Waals surface area contributed by atoms with E-state index >= 15 is 0 Å². The van der Waals surface area contributed by atoms with E-state index in [9.17, 15) is 18.0 Å². The van der Waals surface area contributed by atoms with Gasteiger partial charge in [0.25, 0.3) is 5.91 Å². The third-order valence-electron chi connectivity index (χ3n) is 4.71. The van der Waals surface area contributed by atoms with Gasteiger partial charge in [-0.05, 0) is 30.3 Å². The number of hydrogen-bond donors (Lipinski definition) is 1. The molecular weight excluding hydrogens is 396 g/mol. The van der Waals surface area contributed by atoms with Crippen LogP contribution in [-0.4, -0.2) is 68.3 Å². The van der Waals surface area contributed by atoms with Crippen LogP contribution in [0.2, 0.25) is 0 Å². The number of piperazine rings is 1. The lowest BCUT2D eigenvalue weighted by molar-refractivity contribution is -0.132. The van der Waals surface area contributed by atoms with E-state index in [4.69, 9.17) is 9.88 Å². The van der Waals surface area contributed by atoms with Crippen LogP contribution in [0, 0.1) is 0 Å². The largest absolute Gasteiger partial charge is 0.496 e. The Kier molecular flexibility index (Phi) is 6.14. The average Bonchev–Trinajstić information content (AvgIpc) is 2.73. The highest BCUT2D eigenvalue weighted by Gasteiger charge is 2.27. The number of nitrogens with zero attached hydrogens (tertiary/aromatic N) is 3. The number of rotatable bonds is 5. The molecule has 10 heteroatoms. The van der Waals surface area contributed by atoms with Crippen LogP contribution in [0.1, 0.15) is 16.1 Å². The molecule has 2 amide bonds. The summed E-state index contributed by atoms with van der Waals surface area (Å²) in [4.78, 5) is 32.6. The second-order valence-corrected chi connectivity index (χ2v) is 8.14. The Hall–Kier alpha value is -2.98. The third-order valence-corrected chi connectivity index (χ3v) is 5.62. The van der Waals surface area contributed by atoms with E-state index in [1.165, 1.54) is 25.3 Å². The lowest BCUT2D eigenvalue weighted by atomic mass is 10.1. The quantitative estimate of drug-likeness (QED) is 0.743. The van der Waals surface area contributed by atoms with Crippen LogP contribution in [0.15, 0.2) is 47.5 Å². The molecule has 29 heavy (non-hydrogen) atoms. The number of benzene rings is 1. The van der Waals surface area contributed by atoms with Crippen LogP contribution in [-0.2, 0) is 21.2 Å². The van der Waals surface area contributed by atoms with E-state index in [0.29, 0.717) is 31.9 Å². The zero-order valence-corrected chi connectivity index (χ0v) is 16.8. The van der Waals surface area contributed by atoms with Crippen LogP contribution in [0.25, 0.3) is 0 Å². The Morgan fingerprint density at radius 2 is 1.79 bits per heavy atom. The summed E-state index contributed by atoms with van der Waals surface area (Å²) in [7, 11) is -2.55. The Labute approximate surface area is 169 Å². The molecule has 2 N–H and O–H groups in total. The lowest BCUT2D eigenvalue weighted by Crippen LogP contribution is -2.51. The van der Waals surface area contributed by atoms with Crippen molar-refractivity contribution in [3.63, 3.8) is 0 Å². The van der Waals surface area contributed by atoms with Gasteiger partial charge in [-0.25, -0.2) is 13.6 Å². The summed E-state index contributed by atoms with van der Waals surface area (Å²) in [5.74, 6) is -0.162. The molecule has 9 nitrogen and oxygen atoms in total. The Balaban J connectivity index is 1.68. The summed E-state index contributed by atoms with van der Waals surface area (Å²) in [5, 5.41) is 5.17. The number of primary sulfonamides is 1. The summed E-state index contributed by atoms with van der Waals surface area (Å²) in [6.45, 7) is 1.42. The molecule has 0 unspecified atom stereocenters. The van der Waals surface area contributed by atoms with Crippen molar-refractivity contribution in [3.8, 4) is 5.75 Å². The Morgan fingerprint density at radius 3 is 2.38 bits per heavy atom. The first-order chi connectivity index (χ1) is 13.8. The maximum atomic E-state index is 12.9. The number of pyridine rings is 1. The van der Waals surface area contributed by atoms with Gasteiger partial charge in [-0.2, -0.15) is 0 Å². The van der Waals surface area contributed by atoms with E-state index in [1.807, 2.05) is 6.07 Å². The van der Waals surface area contributed by atoms with Crippen LogP contribution in [0.5, 0.6) is 5.75 Å². The molecule has 154 valence electrons. The van der Waals surface area contributed by atoms with Gasteiger partial charge in [0.2, 0.25) is 15.9 Å². The first-order valence-corrected chi connectivity index (χ1v) is 10.5. The van der Waals surface area contributed by atoms with E-state index in [-0.39, 0.29) is 34.4 Å². The summed E-state index contributed by atoms with van der Waals surface area (Å²) in [5.41, 5.74) is 0.813. The zero-order valence-electron chi connectivity index (χ0n) is 15.9. The minimum Gasteiger partial charge on any atom is -0.496 e. The van der Waals surface area contributed by atoms with Crippen LogP contribution in [0.3, 0.4) is 0 Å². The predicted octanol–water partition coefficient (Wildman–Crippen LogP) is 0.265. The second-order valence-electron chi connectivity index (χ2n) is 6.58. The van der Waals surface area contributed by atoms with Crippen LogP contribution in [0.4, 0.5) is 0 Å². The minimum absolute atomic E-state index is 0.0513. The van der Waals surface area contributed by atoms with Crippen molar-refractivity contribution >= 4 is 21.8 Å². The highest BCUT2D eigenvalue weighted by molar-refractivity contribution is 7.89. The first-order valence-electron chi connectivity index (χ1n) is 8.97. The number of sulfonamides is 1. The number of nitrogens with two attached hydrogens (primary N) is 1. The molecule has 0 bridgehead atoms. The summed E-state index contributed by atoms with van der Waals surface area (Å²) in [6.07, 6.45) is 1.85. The van der Waals surface area contributed by atoms with Gasteiger partial charge in [0.1, 0.15) is 5.75 Å². The monoisotopic (exact) mass is 418 g/mol. The number of ether oxygens (including phenoxy) is 1. The van der Waals surface area contributed by atoms with Crippen LogP contribution >= 0.6 is 0 Å². The smallest absolute Gasteiger partial charge is 0.257 e. The minimum atomic E-state index is -3.95. The number of amides is 2. The Morgan fingerprint density at radius 1 is 1.10 bits per heavy atom. The van der Waals surface area contributed by atoms with Crippen LogP contribution < -0.4 is 9.88 Å². The molecule has 1 fully saturated rings. The van der Waals surface area contributed by atoms with Gasteiger partial charge >= 0.3 is 0 Å². The number of carbonyl (C=O) groups excluding carboxylic acids is 2. The average molecular weight is 418 g/mol. The fourth-order valence-corrected chi connectivity index (χ4v) is 3.67. The van der Waals surface area contributed by atoms with Gasteiger partial charge in [0.15, 0.2) is 0 Å². The van der Waals surface area contributed by atoms with E-state index in [2.05, 4.69) is 4.98 Å². The molecule has 0 saturated carbocycles. The van der Waals surface area contributed by atoms with Crippen molar-refractivity contribution in [2.24, 2.45) is 5.14 Å². The molecule has 2 heterocycles. The molecule has 1 aliphatic heterocycles. The molecule has 3 rings (SSSR count). The zero-order chi connectivity index (χ0) is 21.0. The van der Waals surface area contributed by atoms with Gasteiger partial charge < -0.3 is 14.5 Å². The van der Waals surface area contributed by atoms with Crippen molar-refractivity contribution in [2.75, 3.05) is 33.3 Å². The fraction of sp³-hybridized carbons (Fsp3) is 0.316. The van der Waals surface area contributed by atoms with Crippen molar-refractivity contribution in [2.45, 2.75) is 11.3 Å². The molecule has 0 aliphatic carbocycles. The number of hydrogen-bond acceptors (Lipinski definition) is 6. The molecule has 0 radical (unpaired) electrons. The van der Waals surface area contributed by atoms with E-state index < -0.39 is 10.0 Å². The van der Waals surface area contributed by atoms with Gasteiger partial charge in [-0.3, -0.25) is 14.6 Å². The molecule has 1 aromatic carbocycles. The fourth-order valence-electron chi connectivity index (χ4n) is 3.13. The number of aromatic nitrogens is 1. The summed E-state index contributed by atoms with van der Waals surface area (Å²) in [6, 6.07) is 9.32. The van der Waals surface area contributed by atoms with Gasteiger partial charge in [-0.1, -0.05) is 6.07 Å². The summed E-state index contributed by atoms with van der Waals surface area (Å²) < 4.78 is 28.4. The molecule has 0 spiro atoms. The molecule has 1 aromatic heterocycles. The Bertz CT molecular complexity index is 1000. The highest BCUT2D eigenvalue weighted by Crippen LogP contribution is 2.24. The number of carbonyl (C=O) groups is 2. The normalized spacial score (nSPS) is 14.6. The standard InChI is InChI=1S/C19H22N4O5S/c1-28-17-6-5-15(29(20,26)27)13-16(17)19(25)23-10-8-22(9-11-23)18(24)12-14-4-2-3-7-21-14/h2-7,13H,8-12H2,1H3,(H2,20,26,27). The molecular formula is C19H22N4O5S. The van der Waals surface area contributed by atoms with Crippen molar-refractivity contribution in [1.29, 1.82) is 0 Å². The predicted molar refractivity (Wildman–Crippen MR) is 105 cm³/mol. The molecule has 0 atom stereocenters. The molecule has 1 aliphatic rings. The van der Waals surface area contributed by atoms with E-state index in [1.54, 1.807) is 28.1 Å². The van der Waals surface area contributed by atoms with Gasteiger partial charge in [0, 0.05) is 38.1 Å². The first kappa shape index (κ1) is 20.7. The maximum Gasteiger partial charge on any atom is 0.257 e. The van der Waals surface area contributed by atoms with Crippen molar-refractivity contribution < 1.29 is 22.7 Å². The second kappa shape index (κ2) is 8.58. The number of methoxy groups -OCH3 is 1. The van der Waals surface area contributed by atoms with Gasteiger partial charge in [-0.15, -0.1) is 0 Å². The molecule has 2 aromatic rings. The summed E-state index contributed by atoms with van der Waals surface area (Å²) >= 11 is 0. The van der Waals surface area contributed by atoms with E-state index in [0.717, 1.165) is 0 Å². The van der Waals surface area contributed by atoms with Crippen molar-refractivity contribution in [3.05, 3.63) is 53.9 Å². The van der Waals surface area contributed by atoms with Crippen molar-refractivity contribution in [1.82, 2.24) is 14.8 Å². The van der Waals surface area contributed by atoms with Gasteiger partial charge in [0.05, 0.1) is 24.0 Å². The highest BCUT2D eigenvalue weighted by atomic mass is 32.2. The lowest BCUT2D eigenvalue weighted by Gasteiger charge is -2.35. The molecule has 1 saturated heterocycles. The topological polar surface area (TPSA) is 123 Å².